The van der Waals surface area contributed by atoms with Gasteiger partial charge in [0.2, 0.25) is 20.0 Å². The van der Waals surface area contributed by atoms with Crippen molar-refractivity contribution in [2.45, 2.75) is 42.0 Å². The van der Waals surface area contributed by atoms with Gasteiger partial charge in [0.05, 0.1) is 9.79 Å². The van der Waals surface area contributed by atoms with Crippen molar-refractivity contribution >= 4 is 25.7 Å². The molecule has 0 aliphatic carbocycles. The van der Waals surface area contributed by atoms with E-state index in [1.165, 1.54) is 28.6 Å². The van der Waals surface area contributed by atoms with Gasteiger partial charge < -0.3 is 4.90 Å². The predicted molar refractivity (Wildman–Crippen MR) is 119 cm³/mol. The summed E-state index contributed by atoms with van der Waals surface area (Å²) in [5.41, 5.74) is 0.996. The monoisotopic (exact) mass is 451 g/mol. The summed E-state index contributed by atoms with van der Waals surface area (Å²) in [7, 11) is -5.44. The van der Waals surface area contributed by atoms with Gasteiger partial charge in [0.15, 0.2) is 0 Å². The summed E-state index contributed by atoms with van der Waals surface area (Å²) >= 11 is 0. The number of rotatable bonds is 8. The Bertz CT molecular complexity index is 1030. The SMILES string of the molecule is C[C@@H](CN(C)c1ccccc1)NS(=O)(=O)c1ccc(S(=O)(=O)N2CCCCC2)cc1. The third-order valence-corrected chi connectivity index (χ3v) is 8.71. The zero-order valence-corrected chi connectivity index (χ0v) is 19.0. The van der Waals surface area contributed by atoms with Gasteiger partial charge in [-0.05, 0) is 56.2 Å². The van der Waals surface area contributed by atoms with Gasteiger partial charge in [-0.25, -0.2) is 21.6 Å². The van der Waals surface area contributed by atoms with Gasteiger partial charge in [0.1, 0.15) is 0 Å². The van der Waals surface area contributed by atoms with E-state index in [-0.39, 0.29) is 15.8 Å². The van der Waals surface area contributed by atoms with Gasteiger partial charge in [-0.2, -0.15) is 4.31 Å². The number of hydrogen-bond acceptors (Lipinski definition) is 5. The van der Waals surface area contributed by atoms with Gasteiger partial charge in [-0.3, -0.25) is 0 Å². The fourth-order valence-electron chi connectivity index (χ4n) is 3.61. The standard InChI is InChI=1S/C21H29N3O4S2/c1-18(17-23(2)19-9-5-3-6-10-19)22-29(25,26)20-11-13-21(14-12-20)30(27,28)24-15-7-4-8-16-24/h3,5-6,9-14,18,22H,4,7-8,15-17H2,1-2H3/t18-/m0/s1. The van der Waals surface area contributed by atoms with E-state index in [0.29, 0.717) is 19.6 Å². The highest BCUT2D eigenvalue weighted by atomic mass is 32.2. The van der Waals surface area contributed by atoms with Crippen LogP contribution in [0.5, 0.6) is 0 Å². The number of nitrogens with zero attached hydrogens (tertiary/aromatic N) is 2. The van der Waals surface area contributed by atoms with Gasteiger partial charge in [-0.15, -0.1) is 0 Å². The van der Waals surface area contributed by atoms with Crippen LogP contribution in [0, 0.1) is 0 Å². The molecule has 0 bridgehead atoms. The van der Waals surface area contributed by atoms with Gasteiger partial charge in [-0.1, -0.05) is 24.6 Å². The fraction of sp³-hybridized carbons (Fsp3) is 0.429. The second-order valence-electron chi connectivity index (χ2n) is 7.67. The Morgan fingerprint density at radius 3 is 2.07 bits per heavy atom. The van der Waals surface area contributed by atoms with Crippen LogP contribution in [-0.4, -0.2) is 53.9 Å². The summed E-state index contributed by atoms with van der Waals surface area (Å²) in [5.74, 6) is 0. The maximum atomic E-state index is 12.7. The summed E-state index contributed by atoms with van der Waals surface area (Å²) in [6.45, 7) is 3.31. The lowest BCUT2D eigenvalue weighted by atomic mass is 10.2. The highest BCUT2D eigenvalue weighted by Crippen LogP contribution is 2.22. The van der Waals surface area contributed by atoms with Crippen LogP contribution in [0.1, 0.15) is 26.2 Å². The lowest BCUT2D eigenvalue weighted by Crippen LogP contribution is -2.40. The van der Waals surface area contributed by atoms with Crippen LogP contribution < -0.4 is 9.62 Å². The van der Waals surface area contributed by atoms with Crippen LogP contribution in [0.2, 0.25) is 0 Å². The molecule has 1 fully saturated rings. The molecule has 0 spiro atoms. The summed E-state index contributed by atoms with van der Waals surface area (Å²) in [6, 6.07) is 14.8. The van der Waals surface area contributed by atoms with E-state index in [9.17, 15) is 16.8 Å². The number of piperidine rings is 1. The Labute approximate surface area is 179 Å². The van der Waals surface area contributed by atoms with E-state index in [4.69, 9.17) is 0 Å². The molecule has 1 atom stereocenters. The molecule has 1 aliphatic rings. The molecule has 2 aromatic carbocycles. The van der Waals surface area contributed by atoms with Crippen LogP contribution in [0.3, 0.4) is 0 Å². The molecule has 3 rings (SSSR count). The van der Waals surface area contributed by atoms with E-state index >= 15 is 0 Å². The average Bonchev–Trinajstić information content (AvgIpc) is 2.74. The first-order valence-electron chi connectivity index (χ1n) is 10.1. The first-order valence-corrected chi connectivity index (χ1v) is 13.0. The van der Waals surface area contributed by atoms with Crippen LogP contribution in [0.4, 0.5) is 5.69 Å². The Hall–Kier alpha value is -1.94. The number of hydrogen-bond donors (Lipinski definition) is 1. The molecule has 1 aliphatic heterocycles. The molecule has 0 saturated carbocycles. The number of para-hydroxylation sites is 1. The minimum Gasteiger partial charge on any atom is -0.373 e. The summed E-state index contributed by atoms with van der Waals surface area (Å²) in [6.07, 6.45) is 2.74. The molecule has 164 valence electrons. The second-order valence-corrected chi connectivity index (χ2v) is 11.3. The first kappa shape index (κ1) is 22.7. The smallest absolute Gasteiger partial charge is 0.243 e. The zero-order chi connectivity index (χ0) is 21.8. The van der Waals surface area contributed by atoms with E-state index in [1.807, 2.05) is 42.3 Å². The van der Waals surface area contributed by atoms with Crippen LogP contribution in [0.25, 0.3) is 0 Å². The van der Waals surface area contributed by atoms with E-state index < -0.39 is 20.0 Å². The summed E-state index contributed by atoms with van der Waals surface area (Å²) in [4.78, 5) is 2.15. The van der Waals surface area contributed by atoms with E-state index in [1.54, 1.807) is 6.92 Å². The molecule has 30 heavy (non-hydrogen) atoms. The van der Waals surface area contributed by atoms with Crippen molar-refractivity contribution in [1.29, 1.82) is 0 Å². The highest BCUT2D eigenvalue weighted by molar-refractivity contribution is 7.89. The molecule has 9 heteroatoms. The lowest BCUT2D eigenvalue weighted by Gasteiger charge is -2.26. The van der Waals surface area contributed by atoms with Gasteiger partial charge >= 0.3 is 0 Å². The molecule has 1 saturated heterocycles. The highest BCUT2D eigenvalue weighted by Gasteiger charge is 2.26. The Morgan fingerprint density at radius 2 is 1.47 bits per heavy atom. The van der Waals surface area contributed by atoms with Crippen LogP contribution >= 0.6 is 0 Å². The minimum absolute atomic E-state index is 0.0503. The average molecular weight is 452 g/mol. The van der Waals surface area contributed by atoms with E-state index in [0.717, 1.165) is 24.9 Å². The third kappa shape index (κ3) is 5.40. The maximum Gasteiger partial charge on any atom is 0.243 e. The summed E-state index contributed by atoms with van der Waals surface area (Å²) < 4.78 is 55.1. The largest absolute Gasteiger partial charge is 0.373 e. The number of nitrogens with one attached hydrogen (secondary N) is 1. The van der Waals surface area contributed by atoms with Crippen molar-refractivity contribution < 1.29 is 16.8 Å². The first-order chi connectivity index (χ1) is 14.2. The summed E-state index contributed by atoms with van der Waals surface area (Å²) in [5, 5.41) is 0. The Morgan fingerprint density at radius 1 is 0.900 bits per heavy atom. The lowest BCUT2D eigenvalue weighted by molar-refractivity contribution is 0.346. The van der Waals surface area contributed by atoms with Crippen LogP contribution in [-0.2, 0) is 20.0 Å². The fourth-order valence-corrected chi connectivity index (χ4v) is 6.37. The number of benzene rings is 2. The molecule has 0 amide bonds. The molecule has 2 aromatic rings. The minimum atomic E-state index is -3.76. The van der Waals surface area contributed by atoms with Gasteiger partial charge in [0, 0.05) is 38.4 Å². The van der Waals surface area contributed by atoms with E-state index in [2.05, 4.69) is 4.72 Å². The molecule has 1 N–H and O–H groups in total. The van der Waals surface area contributed by atoms with Crippen molar-refractivity contribution in [3.63, 3.8) is 0 Å². The molecule has 0 aromatic heterocycles. The third-order valence-electron chi connectivity index (χ3n) is 5.19. The van der Waals surface area contributed by atoms with Crippen molar-refractivity contribution in [3.8, 4) is 0 Å². The number of sulfonamides is 2. The Kier molecular flexibility index (Phi) is 7.18. The second kappa shape index (κ2) is 9.47. The zero-order valence-electron chi connectivity index (χ0n) is 17.4. The van der Waals surface area contributed by atoms with Gasteiger partial charge in [0.25, 0.3) is 0 Å². The number of likely N-dealkylation sites (N-methyl/N-ethyl adjacent to an activating group) is 1. The molecule has 7 nitrogen and oxygen atoms in total. The normalized spacial score (nSPS) is 16.9. The maximum absolute atomic E-state index is 12.7. The Balaban J connectivity index is 1.67. The van der Waals surface area contributed by atoms with Crippen LogP contribution in [0.15, 0.2) is 64.4 Å². The molecule has 0 unspecified atom stereocenters. The van der Waals surface area contributed by atoms with Crippen molar-refractivity contribution in [3.05, 3.63) is 54.6 Å². The molecule has 0 radical (unpaired) electrons. The molecular formula is C21H29N3O4S2. The van der Waals surface area contributed by atoms with Crippen molar-refractivity contribution in [2.75, 3.05) is 31.6 Å². The van der Waals surface area contributed by atoms with Crippen molar-refractivity contribution in [2.24, 2.45) is 0 Å². The molecular weight excluding hydrogens is 422 g/mol. The predicted octanol–water partition coefficient (Wildman–Crippen LogP) is 2.66. The quantitative estimate of drug-likeness (QED) is 0.667. The van der Waals surface area contributed by atoms with Crippen molar-refractivity contribution in [1.82, 2.24) is 9.03 Å². The molecule has 1 heterocycles. The number of anilines is 1. The topological polar surface area (TPSA) is 86.8 Å².